The van der Waals surface area contributed by atoms with Crippen molar-refractivity contribution in [3.63, 3.8) is 0 Å². The molecule has 3 aromatic rings. The summed E-state index contributed by atoms with van der Waals surface area (Å²) in [4.78, 5) is 12.4. The molecule has 0 bridgehead atoms. The van der Waals surface area contributed by atoms with Gasteiger partial charge in [-0.15, -0.1) is 0 Å². The van der Waals surface area contributed by atoms with Gasteiger partial charge in [0, 0.05) is 10.0 Å². The molecule has 1 atom stereocenters. The number of amides is 1. The molecular formula is C19H15BrN4O. The van der Waals surface area contributed by atoms with Crippen molar-refractivity contribution in [2.24, 2.45) is 0 Å². The molecule has 1 aromatic heterocycles. The lowest BCUT2D eigenvalue weighted by atomic mass is 10.1. The first-order valence-electron chi connectivity index (χ1n) is 7.69. The number of benzene rings is 2. The number of aromatic amines is 1. The number of nitrogens with one attached hydrogen (secondary N) is 2. The van der Waals surface area contributed by atoms with Crippen molar-refractivity contribution in [2.45, 2.75) is 13.0 Å². The van der Waals surface area contributed by atoms with Crippen LogP contribution in [0.3, 0.4) is 0 Å². The fraction of sp³-hybridized carbons (Fsp3) is 0.105. The van der Waals surface area contributed by atoms with Crippen molar-refractivity contribution in [3.8, 4) is 17.3 Å². The number of nitriles is 1. The highest BCUT2D eigenvalue weighted by molar-refractivity contribution is 9.10. The Bertz CT molecular complexity index is 941. The number of rotatable bonds is 4. The van der Waals surface area contributed by atoms with Gasteiger partial charge in [-0.2, -0.15) is 10.4 Å². The molecule has 0 saturated carbocycles. The van der Waals surface area contributed by atoms with Gasteiger partial charge in [0.05, 0.1) is 23.4 Å². The molecule has 25 heavy (non-hydrogen) atoms. The van der Waals surface area contributed by atoms with Crippen LogP contribution in [0.1, 0.15) is 34.6 Å². The van der Waals surface area contributed by atoms with Gasteiger partial charge in [0.2, 0.25) is 0 Å². The van der Waals surface area contributed by atoms with Gasteiger partial charge in [-0.05, 0) is 42.8 Å². The number of aromatic nitrogens is 2. The Labute approximate surface area is 153 Å². The number of nitrogens with zero attached hydrogens (tertiary/aromatic N) is 2. The maximum absolute atomic E-state index is 12.4. The van der Waals surface area contributed by atoms with Gasteiger partial charge in [0.15, 0.2) is 0 Å². The second kappa shape index (κ2) is 7.32. The highest BCUT2D eigenvalue weighted by atomic mass is 79.9. The third-order valence-corrected chi connectivity index (χ3v) is 4.35. The SMILES string of the molecule is CC(NC(=O)c1cc(-c2ccc(Br)cc2)n[nH]1)c1cccc(C#N)c1. The summed E-state index contributed by atoms with van der Waals surface area (Å²) in [5, 5.41) is 18.9. The minimum Gasteiger partial charge on any atom is -0.344 e. The summed E-state index contributed by atoms with van der Waals surface area (Å²) < 4.78 is 0.984. The topological polar surface area (TPSA) is 81.6 Å². The first kappa shape index (κ1) is 16.9. The molecule has 3 rings (SSSR count). The standard InChI is InChI=1S/C19H15BrN4O/c1-12(15-4-2-3-13(9-15)11-21)22-19(25)18-10-17(23-24-18)14-5-7-16(20)8-6-14/h2-10,12H,1H3,(H,22,25)(H,23,24). The van der Waals surface area contributed by atoms with Gasteiger partial charge in [-0.3, -0.25) is 9.89 Å². The molecule has 0 fully saturated rings. The Morgan fingerprint density at radius 3 is 2.72 bits per heavy atom. The molecule has 0 aliphatic rings. The van der Waals surface area contributed by atoms with Crippen LogP contribution in [-0.2, 0) is 0 Å². The largest absolute Gasteiger partial charge is 0.344 e. The Kier molecular flexibility index (Phi) is 4.96. The van der Waals surface area contributed by atoms with Crippen molar-refractivity contribution in [1.82, 2.24) is 15.5 Å². The second-order valence-electron chi connectivity index (χ2n) is 5.61. The average molecular weight is 395 g/mol. The molecule has 0 saturated heterocycles. The smallest absolute Gasteiger partial charge is 0.269 e. The van der Waals surface area contributed by atoms with Crippen LogP contribution >= 0.6 is 15.9 Å². The van der Waals surface area contributed by atoms with E-state index in [4.69, 9.17) is 5.26 Å². The third kappa shape index (κ3) is 3.95. The normalized spacial score (nSPS) is 11.6. The predicted molar refractivity (Wildman–Crippen MR) is 98.8 cm³/mol. The Morgan fingerprint density at radius 2 is 2.00 bits per heavy atom. The summed E-state index contributed by atoms with van der Waals surface area (Å²) in [6, 6.07) is 18.5. The number of hydrogen-bond acceptors (Lipinski definition) is 3. The van der Waals surface area contributed by atoms with E-state index < -0.39 is 0 Å². The number of carbonyl (C=O) groups excluding carboxylic acids is 1. The van der Waals surface area contributed by atoms with Gasteiger partial charge in [0.1, 0.15) is 5.69 Å². The third-order valence-electron chi connectivity index (χ3n) is 3.83. The summed E-state index contributed by atoms with van der Waals surface area (Å²) >= 11 is 3.39. The van der Waals surface area contributed by atoms with Gasteiger partial charge in [-0.25, -0.2) is 0 Å². The molecule has 0 aliphatic heterocycles. The molecule has 6 heteroatoms. The fourth-order valence-corrected chi connectivity index (χ4v) is 2.71. The van der Waals surface area contributed by atoms with E-state index >= 15 is 0 Å². The lowest BCUT2D eigenvalue weighted by Crippen LogP contribution is -2.27. The molecule has 2 N–H and O–H groups in total. The van der Waals surface area contributed by atoms with Crippen molar-refractivity contribution < 1.29 is 4.79 Å². The molecule has 0 aliphatic carbocycles. The van der Waals surface area contributed by atoms with Gasteiger partial charge in [0.25, 0.3) is 5.91 Å². The maximum Gasteiger partial charge on any atom is 0.269 e. The molecule has 1 amide bonds. The van der Waals surface area contributed by atoms with E-state index in [2.05, 4.69) is 37.5 Å². The van der Waals surface area contributed by atoms with Gasteiger partial charge >= 0.3 is 0 Å². The Morgan fingerprint density at radius 1 is 1.24 bits per heavy atom. The van der Waals surface area contributed by atoms with Crippen molar-refractivity contribution in [3.05, 3.63) is 75.9 Å². The monoisotopic (exact) mass is 394 g/mol. The van der Waals surface area contributed by atoms with E-state index in [0.717, 1.165) is 15.6 Å². The fourth-order valence-electron chi connectivity index (χ4n) is 2.44. The first-order valence-corrected chi connectivity index (χ1v) is 8.48. The highest BCUT2D eigenvalue weighted by Crippen LogP contribution is 2.21. The number of hydrogen-bond donors (Lipinski definition) is 2. The average Bonchev–Trinajstić information content (AvgIpc) is 3.12. The van der Waals surface area contributed by atoms with E-state index in [1.54, 1.807) is 24.3 Å². The maximum atomic E-state index is 12.4. The molecule has 124 valence electrons. The molecule has 1 unspecified atom stereocenters. The summed E-state index contributed by atoms with van der Waals surface area (Å²) in [5.41, 5.74) is 3.46. The zero-order chi connectivity index (χ0) is 17.8. The molecule has 1 heterocycles. The number of halogens is 1. The zero-order valence-electron chi connectivity index (χ0n) is 13.5. The van der Waals surface area contributed by atoms with Crippen LogP contribution in [-0.4, -0.2) is 16.1 Å². The van der Waals surface area contributed by atoms with Crippen LogP contribution in [0.5, 0.6) is 0 Å². The minimum atomic E-state index is -0.245. The zero-order valence-corrected chi connectivity index (χ0v) is 15.0. The molecule has 0 radical (unpaired) electrons. The summed E-state index contributed by atoms with van der Waals surface area (Å²) in [6.45, 7) is 1.88. The molecule has 2 aromatic carbocycles. The van der Waals surface area contributed by atoms with Crippen LogP contribution < -0.4 is 5.32 Å². The van der Waals surface area contributed by atoms with E-state index in [9.17, 15) is 4.79 Å². The van der Waals surface area contributed by atoms with Crippen molar-refractivity contribution in [1.29, 1.82) is 5.26 Å². The highest BCUT2D eigenvalue weighted by Gasteiger charge is 2.15. The van der Waals surface area contributed by atoms with Crippen molar-refractivity contribution >= 4 is 21.8 Å². The molecular weight excluding hydrogens is 380 g/mol. The number of carbonyl (C=O) groups is 1. The van der Waals surface area contributed by atoms with E-state index in [1.807, 2.05) is 37.3 Å². The summed E-state index contributed by atoms with van der Waals surface area (Å²) in [7, 11) is 0. The first-order chi connectivity index (χ1) is 12.1. The Hall–Kier alpha value is -2.91. The lowest BCUT2D eigenvalue weighted by Gasteiger charge is -2.13. The minimum absolute atomic E-state index is 0.222. The second-order valence-corrected chi connectivity index (χ2v) is 6.52. The van der Waals surface area contributed by atoms with E-state index in [0.29, 0.717) is 17.0 Å². The summed E-state index contributed by atoms with van der Waals surface area (Å²) in [6.07, 6.45) is 0. The molecule has 5 nitrogen and oxygen atoms in total. The predicted octanol–water partition coefficient (Wildman–Crippen LogP) is 4.20. The van der Waals surface area contributed by atoms with Crippen LogP contribution in [0.25, 0.3) is 11.3 Å². The molecule has 0 spiro atoms. The van der Waals surface area contributed by atoms with Crippen molar-refractivity contribution in [2.75, 3.05) is 0 Å². The lowest BCUT2D eigenvalue weighted by molar-refractivity contribution is 0.0935. The van der Waals surface area contributed by atoms with E-state index in [-0.39, 0.29) is 11.9 Å². The summed E-state index contributed by atoms with van der Waals surface area (Å²) in [5.74, 6) is -0.245. The van der Waals surface area contributed by atoms with Crippen LogP contribution in [0, 0.1) is 11.3 Å². The van der Waals surface area contributed by atoms with Crippen LogP contribution in [0.4, 0.5) is 0 Å². The van der Waals surface area contributed by atoms with Crippen LogP contribution in [0.2, 0.25) is 0 Å². The number of H-pyrrole nitrogens is 1. The Balaban J connectivity index is 1.73. The van der Waals surface area contributed by atoms with Gasteiger partial charge < -0.3 is 5.32 Å². The van der Waals surface area contributed by atoms with E-state index in [1.165, 1.54) is 0 Å². The van der Waals surface area contributed by atoms with Crippen LogP contribution in [0.15, 0.2) is 59.1 Å². The van der Waals surface area contributed by atoms with Gasteiger partial charge in [-0.1, -0.05) is 40.2 Å². The quantitative estimate of drug-likeness (QED) is 0.695.